The van der Waals surface area contributed by atoms with Gasteiger partial charge in [-0.1, -0.05) is 41.7 Å². The molecule has 1 aliphatic heterocycles. The second kappa shape index (κ2) is 7.15. The first-order valence-corrected chi connectivity index (χ1v) is 9.90. The Hall–Kier alpha value is -2.67. The first-order chi connectivity index (χ1) is 13.0. The van der Waals surface area contributed by atoms with E-state index in [1.165, 1.54) is 11.3 Å². The summed E-state index contributed by atoms with van der Waals surface area (Å²) in [4.78, 5) is 32.9. The fourth-order valence-corrected chi connectivity index (χ4v) is 4.46. The molecule has 0 saturated carbocycles. The van der Waals surface area contributed by atoms with Crippen molar-refractivity contribution in [3.8, 4) is 0 Å². The molecule has 4 rings (SSSR count). The number of amides is 3. The van der Waals surface area contributed by atoms with Crippen LogP contribution < -0.4 is 5.32 Å². The van der Waals surface area contributed by atoms with Gasteiger partial charge in [-0.3, -0.25) is 4.79 Å². The zero-order chi connectivity index (χ0) is 19.0. The van der Waals surface area contributed by atoms with Gasteiger partial charge in [0.2, 0.25) is 5.91 Å². The molecule has 2 heterocycles. The minimum atomic E-state index is -0.202. The van der Waals surface area contributed by atoms with Crippen molar-refractivity contribution < 1.29 is 9.59 Å². The van der Waals surface area contributed by atoms with E-state index in [2.05, 4.69) is 28.5 Å². The smallest absolute Gasteiger partial charge is 0.319 e. The number of urea groups is 1. The van der Waals surface area contributed by atoms with E-state index in [0.29, 0.717) is 18.2 Å². The van der Waals surface area contributed by atoms with Gasteiger partial charge in [-0.15, -0.1) is 0 Å². The Labute approximate surface area is 161 Å². The Kier molecular flexibility index (Phi) is 4.70. The van der Waals surface area contributed by atoms with E-state index in [1.807, 2.05) is 18.2 Å². The van der Waals surface area contributed by atoms with E-state index in [4.69, 9.17) is 0 Å². The predicted octanol–water partition coefficient (Wildman–Crippen LogP) is 3.78. The van der Waals surface area contributed by atoms with Crippen molar-refractivity contribution in [2.24, 2.45) is 5.92 Å². The van der Waals surface area contributed by atoms with Crippen molar-refractivity contribution in [3.63, 3.8) is 0 Å². The molecule has 2 aromatic carbocycles. The normalized spacial score (nSPS) is 17.3. The number of nitrogens with one attached hydrogen (secondary N) is 1. The minimum Gasteiger partial charge on any atom is -0.331 e. The van der Waals surface area contributed by atoms with Crippen LogP contribution in [0.5, 0.6) is 0 Å². The topological polar surface area (TPSA) is 65.5 Å². The van der Waals surface area contributed by atoms with Gasteiger partial charge < -0.3 is 15.1 Å². The molecule has 0 aliphatic carbocycles. The number of rotatable bonds is 2. The van der Waals surface area contributed by atoms with Crippen molar-refractivity contribution in [3.05, 3.63) is 36.4 Å². The van der Waals surface area contributed by atoms with Crippen LogP contribution >= 0.6 is 11.3 Å². The summed E-state index contributed by atoms with van der Waals surface area (Å²) in [5, 5.41) is 5.81. The number of benzene rings is 2. The van der Waals surface area contributed by atoms with Crippen molar-refractivity contribution in [2.75, 3.05) is 32.5 Å². The first kappa shape index (κ1) is 17.7. The number of hydrogen-bond donors (Lipinski definition) is 1. The summed E-state index contributed by atoms with van der Waals surface area (Å²) < 4.78 is 1.05. The molecule has 0 bridgehead atoms. The van der Waals surface area contributed by atoms with Gasteiger partial charge in [-0.05, 0) is 24.3 Å². The van der Waals surface area contributed by atoms with Gasteiger partial charge in [-0.25, -0.2) is 9.78 Å². The molecular formula is C20H22N4O2S. The molecule has 0 spiro atoms. The number of likely N-dealkylation sites (tertiary alicyclic amines) is 1. The molecule has 1 unspecified atom stereocenters. The van der Waals surface area contributed by atoms with Gasteiger partial charge in [0.15, 0.2) is 5.13 Å². The third kappa shape index (κ3) is 3.47. The Morgan fingerprint density at radius 2 is 2.04 bits per heavy atom. The van der Waals surface area contributed by atoms with Crippen LogP contribution in [0, 0.1) is 5.92 Å². The molecule has 3 amide bonds. The molecule has 6 nitrogen and oxygen atoms in total. The maximum Gasteiger partial charge on any atom is 0.319 e. The summed E-state index contributed by atoms with van der Waals surface area (Å²) in [6.07, 6.45) is 1.62. The van der Waals surface area contributed by atoms with Crippen molar-refractivity contribution in [2.45, 2.75) is 12.8 Å². The van der Waals surface area contributed by atoms with Crippen LogP contribution in [0.1, 0.15) is 12.8 Å². The lowest BCUT2D eigenvalue weighted by atomic mass is 9.97. The number of fused-ring (bicyclic) bond motifs is 3. The molecule has 1 saturated heterocycles. The Morgan fingerprint density at radius 3 is 2.85 bits per heavy atom. The highest BCUT2D eigenvalue weighted by molar-refractivity contribution is 7.22. The molecule has 1 aromatic heterocycles. The Bertz CT molecular complexity index is 1010. The van der Waals surface area contributed by atoms with E-state index in [1.54, 1.807) is 23.9 Å². The zero-order valence-electron chi connectivity index (χ0n) is 15.4. The molecule has 3 aromatic rings. The number of anilines is 1. The fourth-order valence-electron chi connectivity index (χ4n) is 3.57. The molecule has 1 aliphatic rings. The van der Waals surface area contributed by atoms with Crippen LogP contribution in [-0.2, 0) is 4.79 Å². The molecule has 0 radical (unpaired) electrons. The summed E-state index contributed by atoms with van der Waals surface area (Å²) in [6.45, 7) is 1.16. The van der Waals surface area contributed by atoms with Crippen LogP contribution in [0.2, 0.25) is 0 Å². The van der Waals surface area contributed by atoms with Gasteiger partial charge in [-0.2, -0.15) is 0 Å². The Balaban J connectivity index is 1.52. The molecule has 1 N–H and O–H groups in total. The van der Waals surface area contributed by atoms with Crippen molar-refractivity contribution in [1.29, 1.82) is 0 Å². The summed E-state index contributed by atoms with van der Waals surface area (Å²) in [7, 11) is 3.47. The van der Waals surface area contributed by atoms with Crippen LogP contribution in [-0.4, -0.2) is 53.9 Å². The van der Waals surface area contributed by atoms with Gasteiger partial charge in [0.1, 0.15) is 0 Å². The largest absolute Gasteiger partial charge is 0.331 e. The number of piperidine rings is 1. The van der Waals surface area contributed by atoms with Gasteiger partial charge in [0.05, 0.1) is 16.1 Å². The summed E-state index contributed by atoms with van der Waals surface area (Å²) >= 11 is 1.48. The summed E-state index contributed by atoms with van der Waals surface area (Å²) in [5.41, 5.74) is 0.918. The lowest BCUT2D eigenvalue weighted by Crippen LogP contribution is -2.47. The maximum atomic E-state index is 12.7. The van der Waals surface area contributed by atoms with Crippen LogP contribution in [0.25, 0.3) is 21.0 Å². The SMILES string of the molecule is CN(C)C(=O)N1CCCC(C(=O)Nc2nc3c(ccc4ccccc43)s2)C1. The fraction of sp³-hybridized carbons (Fsp3) is 0.350. The van der Waals surface area contributed by atoms with E-state index in [-0.39, 0.29) is 17.9 Å². The number of aromatic nitrogens is 1. The van der Waals surface area contributed by atoms with E-state index in [0.717, 1.165) is 33.8 Å². The standard InChI is InChI=1S/C20H22N4O2S/c1-23(2)20(26)24-11-5-7-14(12-24)18(25)22-19-21-17-15-8-4-3-6-13(15)9-10-16(17)27-19/h3-4,6,8-10,14H,5,7,11-12H2,1-2H3,(H,21,22,25). The van der Waals surface area contributed by atoms with Crippen LogP contribution in [0.3, 0.4) is 0 Å². The number of nitrogens with zero attached hydrogens (tertiary/aromatic N) is 3. The minimum absolute atomic E-state index is 0.0426. The highest BCUT2D eigenvalue weighted by Gasteiger charge is 2.29. The van der Waals surface area contributed by atoms with Gasteiger partial charge in [0.25, 0.3) is 0 Å². The van der Waals surface area contributed by atoms with Crippen molar-refractivity contribution >= 4 is 49.4 Å². The molecule has 1 fully saturated rings. The quantitative estimate of drug-likeness (QED) is 0.733. The average molecular weight is 382 g/mol. The highest BCUT2D eigenvalue weighted by atomic mass is 32.1. The van der Waals surface area contributed by atoms with Gasteiger partial charge in [0, 0.05) is 32.6 Å². The Morgan fingerprint density at radius 1 is 1.22 bits per heavy atom. The number of hydrogen-bond acceptors (Lipinski definition) is 4. The number of carbonyl (C=O) groups is 2. The lowest BCUT2D eigenvalue weighted by Gasteiger charge is -2.33. The summed E-state index contributed by atoms with van der Waals surface area (Å²) in [6, 6.07) is 12.2. The molecular weight excluding hydrogens is 360 g/mol. The van der Waals surface area contributed by atoms with Crippen LogP contribution in [0.4, 0.5) is 9.93 Å². The molecule has 7 heteroatoms. The third-order valence-electron chi connectivity index (χ3n) is 4.96. The van der Waals surface area contributed by atoms with E-state index >= 15 is 0 Å². The number of thiazole rings is 1. The monoisotopic (exact) mass is 382 g/mol. The highest BCUT2D eigenvalue weighted by Crippen LogP contribution is 2.32. The van der Waals surface area contributed by atoms with Gasteiger partial charge >= 0.3 is 6.03 Å². The zero-order valence-corrected chi connectivity index (χ0v) is 16.3. The first-order valence-electron chi connectivity index (χ1n) is 9.08. The maximum absolute atomic E-state index is 12.7. The lowest BCUT2D eigenvalue weighted by molar-refractivity contribution is -0.121. The predicted molar refractivity (Wildman–Crippen MR) is 109 cm³/mol. The molecule has 140 valence electrons. The van der Waals surface area contributed by atoms with Crippen molar-refractivity contribution in [1.82, 2.24) is 14.8 Å². The van der Waals surface area contributed by atoms with E-state index < -0.39 is 0 Å². The average Bonchev–Trinajstić information content (AvgIpc) is 3.10. The second-order valence-electron chi connectivity index (χ2n) is 7.10. The molecule has 27 heavy (non-hydrogen) atoms. The van der Waals surface area contributed by atoms with Crippen LogP contribution in [0.15, 0.2) is 36.4 Å². The third-order valence-corrected chi connectivity index (χ3v) is 5.90. The molecule has 1 atom stereocenters. The number of carbonyl (C=O) groups excluding carboxylic acids is 2. The second-order valence-corrected chi connectivity index (χ2v) is 8.13. The summed E-state index contributed by atoms with van der Waals surface area (Å²) in [5.74, 6) is -0.263. The van der Waals surface area contributed by atoms with E-state index in [9.17, 15) is 9.59 Å².